The molecule has 180 valence electrons. The molecule has 7 heteroatoms. The fourth-order valence-corrected chi connectivity index (χ4v) is 5.34. The summed E-state index contributed by atoms with van der Waals surface area (Å²) in [5, 5.41) is 6.42. The average Bonchev–Trinajstić information content (AvgIpc) is 3.19. The first-order chi connectivity index (χ1) is 17.0. The Morgan fingerprint density at radius 1 is 1.14 bits per heavy atom. The summed E-state index contributed by atoms with van der Waals surface area (Å²) in [4.78, 5) is 30.6. The predicted octanol–water partition coefficient (Wildman–Crippen LogP) is 4.47. The van der Waals surface area contributed by atoms with Crippen molar-refractivity contribution in [2.75, 3.05) is 0 Å². The molecule has 0 radical (unpaired) electrons. The number of fused-ring (bicyclic) bond motifs is 1. The first-order valence-electron chi connectivity index (χ1n) is 12.3. The summed E-state index contributed by atoms with van der Waals surface area (Å²) in [7, 11) is 0. The van der Waals surface area contributed by atoms with Crippen LogP contribution in [0.5, 0.6) is 5.75 Å². The van der Waals surface area contributed by atoms with Gasteiger partial charge in [-0.05, 0) is 61.4 Å². The van der Waals surface area contributed by atoms with E-state index in [2.05, 4.69) is 22.1 Å². The molecule has 2 aromatic carbocycles. The lowest BCUT2D eigenvalue weighted by Crippen LogP contribution is -2.49. The van der Waals surface area contributed by atoms with Crippen molar-refractivity contribution >= 4 is 17.5 Å². The maximum atomic E-state index is 13.0. The number of benzene rings is 2. The second kappa shape index (κ2) is 9.93. The molecule has 35 heavy (non-hydrogen) atoms. The topological polar surface area (TPSA) is 75.0 Å². The lowest BCUT2D eigenvalue weighted by atomic mass is 9.92. The van der Waals surface area contributed by atoms with E-state index in [0.717, 1.165) is 42.6 Å². The number of carbonyl (C=O) groups is 2. The van der Waals surface area contributed by atoms with E-state index in [-0.39, 0.29) is 24.0 Å². The second-order valence-electron chi connectivity index (χ2n) is 9.61. The smallest absolute Gasteiger partial charge is 0.255 e. The van der Waals surface area contributed by atoms with Crippen LogP contribution >= 0.6 is 0 Å². The van der Waals surface area contributed by atoms with Crippen LogP contribution in [-0.4, -0.2) is 34.9 Å². The molecule has 7 nitrogen and oxygen atoms in total. The van der Waals surface area contributed by atoms with E-state index >= 15 is 0 Å². The van der Waals surface area contributed by atoms with Crippen LogP contribution in [0.25, 0.3) is 4.85 Å². The minimum Gasteiger partial charge on any atom is -0.489 e. The highest BCUT2D eigenvalue weighted by atomic mass is 16.5. The van der Waals surface area contributed by atoms with E-state index in [1.165, 1.54) is 0 Å². The number of amides is 2. The van der Waals surface area contributed by atoms with Gasteiger partial charge in [0, 0.05) is 30.4 Å². The van der Waals surface area contributed by atoms with E-state index < -0.39 is 6.04 Å². The van der Waals surface area contributed by atoms with Gasteiger partial charge in [0.25, 0.3) is 5.91 Å². The normalized spacial score (nSPS) is 24.0. The lowest BCUT2D eigenvalue weighted by Gasteiger charge is -2.33. The van der Waals surface area contributed by atoms with Gasteiger partial charge in [0.15, 0.2) is 5.69 Å². The maximum Gasteiger partial charge on any atom is 0.255 e. The molecule has 0 spiro atoms. The number of hydrogen-bond acceptors (Lipinski definition) is 4. The largest absolute Gasteiger partial charge is 0.489 e. The van der Waals surface area contributed by atoms with Gasteiger partial charge in [-0.15, -0.1) is 0 Å². The molecule has 0 bridgehead atoms. The number of allylic oxidation sites excluding steroid dienone is 1. The molecular weight excluding hydrogens is 440 g/mol. The van der Waals surface area contributed by atoms with Crippen LogP contribution in [0.4, 0.5) is 5.69 Å². The summed E-state index contributed by atoms with van der Waals surface area (Å²) in [5.74, 6) is 0.503. The lowest BCUT2D eigenvalue weighted by molar-refractivity contribution is -0.126. The Hall–Kier alpha value is -3.63. The number of nitrogens with one attached hydrogen (secondary N) is 2. The Morgan fingerprint density at radius 2 is 2.00 bits per heavy atom. The molecule has 3 atom stereocenters. The molecule has 2 heterocycles. The highest BCUT2D eigenvalue weighted by Crippen LogP contribution is 2.32. The molecule has 5 rings (SSSR count). The van der Waals surface area contributed by atoms with Crippen molar-refractivity contribution in [1.29, 1.82) is 0 Å². The van der Waals surface area contributed by atoms with Crippen LogP contribution in [0.3, 0.4) is 0 Å². The fraction of sp³-hybridized carbons (Fsp3) is 0.393. The van der Waals surface area contributed by atoms with Gasteiger partial charge in [-0.3, -0.25) is 9.59 Å². The molecule has 2 N–H and O–H groups in total. The van der Waals surface area contributed by atoms with Gasteiger partial charge in [-0.25, -0.2) is 4.85 Å². The zero-order chi connectivity index (χ0) is 24.4. The molecule has 1 aliphatic carbocycles. The average molecular weight is 471 g/mol. The summed E-state index contributed by atoms with van der Waals surface area (Å²) >= 11 is 0. The molecular formula is C28H30N4O3. The second-order valence-corrected chi connectivity index (χ2v) is 9.61. The third-order valence-electron chi connectivity index (χ3n) is 7.21. The first-order valence-corrected chi connectivity index (χ1v) is 12.3. The SMILES string of the molecule is [C-]#[N+]c1cccc(CN[C@@H]2CCCC[C@@H]2Oc2ccc3c(c2)CN(C2CCC(=C)NC2=O)C3=O)c1. The number of ether oxygens (including phenoxy) is 1. The summed E-state index contributed by atoms with van der Waals surface area (Å²) in [6.07, 6.45) is 5.60. The van der Waals surface area contributed by atoms with Crippen molar-refractivity contribution in [2.45, 2.75) is 69.8 Å². The third kappa shape index (κ3) is 4.94. The third-order valence-corrected chi connectivity index (χ3v) is 7.21. The van der Waals surface area contributed by atoms with Gasteiger partial charge in [-0.1, -0.05) is 37.3 Å². The van der Waals surface area contributed by atoms with E-state index in [1.54, 1.807) is 4.90 Å². The highest BCUT2D eigenvalue weighted by Gasteiger charge is 2.38. The number of piperidine rings is 1. The van der Waals surface area contributed by atoms with Crippen molar-refractivity contribution in [1.82, 2.24) is 15.5 Å². The van der Waals surface area contributed by atoms with E-state index in [0.29, 0.717) is 42.9 Å². The Labute approximate surface area is 206 Å². The van der Waals surface area contributed by atoms with Crippen LogP contribution in [0.2, 0.25) is 0 Å². The van der Waals surface area contributed by atoms with Gasteiger partial charge < -0.3 is 20.3 Å². The van der Waals surface area contributed by atoms with Crippen LogP contribution < -0.4 is 15.4 Å². The van der Waals surface area contributed by atoms with Gasteiger partial charge in [-0.2, -0.15) is 0 Å². The molecule has 2 aromatic rings. The van der Waals surface area contributed by atoms with Crippen molar-refractivity contribution in [3.8, 4) is 5.75 Å². The van der Waals surface area contributed by atoms with Gasteiger partial charge in [0.05, 0.1) is 6.57 Å². The van der Waals surface area contributed by atoms with Gasteiger partial charge >= 0.3 is 0 Å². The van der Waals surface area contributed by atoms with Crippen molar-refractivity contribution in [2.24, 2.45) is 0 Å². The summed E-state index contributed by atoms with van der Waals surface area (Å²) in [6, 6.07) is 13.1. The molecule has 2 fully saturated rings. The monoisotopic (exact) mass is 470 g/mol. The van der Waals surface area contributed by atoms with Crippen LogP contribution in [0.15, 0.2) is 54.7 Å². The Kier molecular flexibility index (Phi) is 6.56. The molecule has 3 aliphatic rings. The van der Waals surface area contributed by atoms with Gasteiger partial charge in [0.1, 0.15) is 17.9 Å². The quantitative estimate of drug-likeness (QED) is 0.611. The van der Waals surface area contributed by atoms with E-state index in [1.807, 2.05) is 42.5 Å². The first kappa shape index (κ1) is 23.1. The van der Waals surface area contributed by atoms with Crippen LogP contribution in [0.1, 0.15) is 60.0 Å². The van der Waals surface area contributed by atoms with E-state index in [9.17, 15) is 9.59 Å². The Bertz CT molecular complexity index is 1200. The van der Waals surface area contributed by atoms with Crippen molar-refractivity contribution in [3.05, 3.63) is 82.8 Å². The zero-order valence-electron chi connectivity index (χ0n) is 19.8. The summed E-state index contributed by atoms with van der Waals surface area (Å²) in [5.41, 5.74) is 4.00. The Balaban J connectivity index is 1.25. The van der Waals surface area contributed by atoms with Gasteiger partial charge in [0.2, 0.25) is 5.91 Å². The molecule has 0 aromatic heterocycles. The Morgan fingerprint density at radius 3 is 2.83 bits per heavy atom. The standard InChI is InChI=1S/C28H30N4O3/c1-18-10-13-25(27(33)31-18)32-17-20-15-22(11-12-23(20)28(32)34)35-26-9-4-3-8-24(26)30-16-19-6-5-7-21(14-19)29-2/h5-7,11-12,14-15,24-26,30H,1,3-4,8-10,13,16-17H2,(H,31,33)/t24-,25?,26+/m1/s1. The number of carbonyl (C=O) groups excluding carboxylic acids is 2. The molecule has 1 saturated carbocycles. The molecule has 1 unspecified atom stereocenters. The maximum absolute atomic E-state index is 13.0. The predicted molar refractivity (Wildman–Crippen MR) is 133 cm³/mol. The van der Waals surface area contributed by atoms with E-state index in [4.69, 9.17) is 11.3 Å². The van der Waals surface area contributed by atoms with Crippen molar-refractivity contribution < 1.29 is 14.3 Å². The molecule has 2 amide bonds. The minimum absolute atomic E-state index is 0.0363. The minimum atomic E-state index is -0.460. The highest BCUT2D eigenvalue weighted by molar-refractivity contribution is 6.01. The molecule has 1 saturated heterocycles. The number of hydrogen-bond donors (Lipinski definition) is 2. The van der Waals surface area contributed by atoms with Crippen molar-refractivity contribution in [3.63, 3.8) is 0 Å². The number of nitrogens with zero attached hydrogens (tertiary/aromatic N) is 2. The zero-order valence-corrected chi connectivity index (χ0v) is 19.8. The van der Waals surface area contributed by atoms with Crippen LogP contribution in [0, 0.1) is 6.57 Å². The summed E-state index contributed by atoms with van der Waals surface area (Å²) in [6.45, 7) is 12.2. The number of rotatable bonds is 6. The fourth-order valence-electron chi connectivity index (χ4n) is 5.34. The summed E-state index contributed by atoms with van der Waals surface area (Å²) < 4.78 is 6.45. The van der Waals surface area contributed by atoms with Crippen LogP contribution in [-0.2, 0) is 17.9 Å². The molecule has 2 aliphatic heterocycles.